The van der Waals surface area contributed by atoms with Crippen molar-refractivity contribution in [3.05, 3.63) is 46.9 Å². The first-order valence-electron chi connectivity index (χ1n) is 7.32. The van der Waals surface area contributed by atoms with Crippen LogP contribution in [-0.4, -0.2) is 23.7 Å². The number of nitrogens with zero attached hydrogens (tertiary/aromatic N) is 1. The van der Waals surface area contributed by atoms with Crippen LogP contribution in [0.1, 0.15) is 28.0 Å². The maximum Gasteiger partial charge on any atom is 0.267 e. The molecule has 1 atom stereocenters. The summed E-state index contributed by atoms with van der Waals surface area (Å²) in [5.74, 6) is -0.987. The van der Waals surface area contributed by atoms with E-state index < -0.39 is 24.5 Å². The molecule has 0 aliphatic carbocycles. The highest BCUT2D eigenvalue weighted by Gasteiger charge is 2.26. The molecule has 0 saturated heterocycles. The second-order valence-corrected chi connectivity index (χ2v) is 5.62. The zero-order valence-corrected chi connectivity index (χ0v) is 12.6. The number of carbonyl (C=O) groups is 1. The van der Waals surface area contributed by atoms with Gasteiger partial charge in [-0.1, -0.05) is 12.1 Å². The van der Waals surface area contributed by atoms with E-state index in [1.54, 1.807) is 19.1 Å². The van der Waals surface area contributed by atoms with E-state index in [2.05, 4.69) is 4.98 Å². The topological polar surface area (TPSA) is 65.2 Å². The lowest BCUT2D eigenvalue weighted by molar-refractivity contribution is 0.0989. The summed E-state index contributed by atoms with van der Waals surface area (Å²) >= 11 is 0. The number of pyridine rings is 1. The molecule has 2 aromatic rings. The Morgan fingerprint density at radius 2 is 2.17 bits per heavy atom. The van der Waals surface area contributed by atoms with Crippen molar-refractivity contribution in [3.63, 3.8) is 0 Å². The van der Waals surface area contributed by atoms with Crippen LogP contribution in [0, 0.1) is 12.7 Å². The first-order valence-corrected chi connectivity index (χ1v) is 7.32. The fraction of sp³-hybridized carbons (Fsp3) is 0.294. The molecule has 0 saturated carbocycles. The Hall–Kier alpha value is -2.50. The minimum atomic E-state index is -0.743. The number of alkyl halides is 1. The van der Waals surface area contributed by atoms with Crippen LogP contribution in [0.5, 0.6) is 5.88 Å². The van der Waals surface area contributed by atoms with Crippen LogP contribution < -0.4 is 10.5 Å². The number of halogens is 2. The van der Waals surface area contributed by atoms with Gasteiger partial charge >= 0.3 is 0 Å². The molecule has 0 radical (unpaired) electrons. The molecule has 1 aromatic heterocycles. The molecule has 1 aromatic carbocycles. The number of fused-ring (bicyclic) bond motifs is 1. The number of aromatic nitrogens is 1. The Labute approximate surface area is 132 Å². The third kappa shape index (κ3) is 2.88. The van der Waals surface area contributed by atoms with E-state index in [0.717, 1.165) is 5.56 Å². The second-order valence-electron chi connectivity index (χ2n) is 5.62. The summed E-state index contributed by atoms with van der Waals surface area (Å²) in [5.41, 5.74) is 7.59. The number of carbonyl (C=O) groups excluding carboxylic acids is 1. The molecule has 23 heavy (non-hydrogen) atoms. The largest absolute Gasteiger partial charge is 0.471 e. The van der Waals surface area contributed by atoms with Gasteiger partial charge in [-0.05, 0) is 43.0 Å². The van der Waals surface area contributed by atoms with Crippen LogP contribution in [0.2, 0.25) is 0 Å². The van der Waals surface area contributed by atoms with Crippen molar-refractivity contribution < 1.29 is 18.3 Å². The first kappa shape index (κ1) is 15.4. The third-order valence-electron chi connectivity index (χ3n) is 3.92. The molecule has 1 amide bonds. The monoisotopic (exact) mass is 318 g/mol. The van der Waals surface area contributed by atoms with Gasteiger partial charge < -0.3 is 10.5 Å². The van der Waals surface area contributed by atoms with E-state index in [1.165, 1.54) is 12.1 Å². The summed E-state index contributed by atoms with van der Waals surface area (Å²) in [6, 6.07) is 6.31. The van der Waals surface area contributed by atoms with Crippen LogP contribution in [0.15, 0.2) is 24.3 Å². The number of aryl methyl sites for hydroxylation is 1. The van der Waals surface area contributed by atoms with Gasteiger partial charge in [0, 0.05) is 11.1 Å². The van der Waals surface area contributed by atoms with Crippen LogP contribution in [-0.2, 0) is 6.42 Å². The van der Waals surface area contributed by atoms with E-state index in [-0.39, 0.29) is 11.6 Å². The van der Waals surface area contributed by atoms with Gasteiger partial charge in [0.25, 0.3) is 5.91 Å². The van der Waals surface area contributed by atoms with Gasteiger partial charge in [-0.15, -0.1) is 0 Å². The van der Waals surface area contributed by atoms with Gasteiger partial charge in [0.05, 0.1) is 0 Å². The molecule has 1 aliphatic rings. The number of amides is 1. The number of ether oxygens (including phenoxy) is 1. The van der Waals surface area contributed by atoms with Crippen molar-refractivity contribution >= 4 is 5.91 Å². The summed E-state index contributed by atoms with van der Waals surface area (Å²) in [6.45, 7) is 1.15. The molecule has 2 N–H and O–H groups in total. The Morgan fingerprint density at radius 3 is 2.83 bits per heavy atom. The molecule has 1 aliphatic heterocycles. The lowest BCUT2D eigenvalue weighted by Crippen LogP contribution is -2.27. The van der Waals surface area contributed by atoms with Crippen LogP contribution in [0.4, 0.5) is 8.78 Å². The maximum absolute atomic E-state index is 14.3. The standard InChI is InChI=1S/C17H16F2N2O2/c1-9-2-4-11(14(19)6-9)13-7-15(16(20)22)21-17-12(13)5-3-10(8-18)23-17/h2,4,6-7,10H,3,5,8H2,1H3,(H2,20,22)/t10-/m1/s1. The summed E-state index contributed by atoms with van der Waals surface area (Å²) in [7, 11) is 0. The van der Waals surface area contributed by atoms with Gasteiger partial charge in [-0.3, -0.25) is 4.79 Å². The van der Waals surface area contributed by atoms with Gasteiger partial charge in [-0.2, -0.15) is 0 Å². The zero-order valence-electron chi connectivity index (χ0n) is 12.6. The van der Waals surface area contributed by atoms with Gasteiger partial charge in [0.15, 0.2) is 0 Å². The number of benzene rings is 1. The van der Waals surface area contributed by atoms with Crippen LogP contribution >= 0.6 is 0 Å². The predicted octanol–water partition coefficient (Wildman–Crippen LogP) is 2.96. The molecular weight excluding hydrogens is 302 g/mol. The van der Waals surface area contributed by atoms with Gasteiger partial charge in [-0.25, -0.2) is 13.8 Å². The normalized spacial score (nSPS) is 16.6. The molecule has 0 bridgehead atoms. The molecule has 0 fully saturated rings. The van der Waals surface area contributed by atoms with Crippen LogP contribution in [0.3, 0.4) is 0 Å². The van der Waals surface area contributed by atoms with Crippen molar-refractivity contribution in [1.29, 1.82) is 0 Å². The van der Waals surface area contributed by atoms with Crippen molar-refractivity contribution in [2.24, 2.45) is 5.73 Å². The highest BCUT2D eigenvalue weighted by atomic mass is 19.1. The number of hydrogen-bond donors (Lipinski definition) is 1. The van der Waals surface area contributed by atoms with Crippen molar-refractivity contribution in [2.45, 2.75) is 25.9 Å². The predicted molar refractivity (Wildman–Crippen MR) is 81.6 cm³/mol. The van der Waals surface area contributed by atoms with E-state index in [0.29, 0.717) is 29.5 Å². The molecule has 2 heterocycles. The van der Waals surface area contributed by atoms with E-state index in [1.807, 2.05) is 0 Å². The van der Waals surface area contributed by atoms with Gasteiger partial charge in [0.2, 0.25) is 5.88 Å². The summed E-state index contributed by atoms with van der Waals surface area (Å²) < 4.78 is 32.7. The van der Waals surface area contributed by atoms with E-state index >= 15 is 0 Å². The highest BCUT2D eigenvalue weighted by molar-refractivity contribution is 5.93. The lowest BCUT2D eigenvalue weighted by Gasteiger charge is -2.25. The lowest BCUT2D eigenvalue weighted by atomic mass is 9.93. The van der Waals surface area contributed by atoms with Gasteiger partial charge in [0.1, 0.15) is 24.3 Å². The van der Waals surface area contributed by atoms with Crippen molar-refractivity contribution in [3.8, 4) is 17.0 Å². The third-order valence-corrected chi connectivity index (χ3v) is 3.92. The number of hydrogen-bond acceptors (Lipinski definition) is 3. The van der Waals surface area contributed by atoms with E-state index in [4.69, 9.17) is 10.5 Å². The molecule has 0 unspecified atom stereocenters. The molecule has 3 rings (SSSR count). The minimum absolute atomic E-state index is 0.0294. The van der Waals surface area contributed by atoms with E-state index in [9.17, 15) is 13.6 Å². The fourth-order valence-corrected chi connectivity index (χ4v) is 2.72. The van der Waals surface area contributed by atoms with Crippen molar-refractivity contribution in [1.82, 2.24) is 4.98 Å². The zero-order chi connectivity index (χ0) is 16.6. The first-order chi connectivity index (χ1) is 11.0. The molecular formula is C17H16F2N2O2. The Kier molecular flexibility index (Phi) is 3.98. The van der Waals surface area contributed by atoms with Crippen LogP contribution in [0.25, 0.3) is 11.1 Å². The minimum Gasteiger partial charge on any atom is -0.471 e. The number of nitrogens with two attached hydrogens (primary N) is 1. The highest BCUT2D eigenvalue weighted by Crippen LogP contribution is 2.36. The second kappa shape index (κ2) is 5.95. The summed E-state index contributed by atoms with van der Waals surface area (Å²) in [4.78, 5) is 15.6. The maximum atomic E-state index is 14.3. The van der Waals surface area contributed by atoms with Crippen molar-refractivity contribution in [2.75, 3.05) is 6.67 Å². The molecule has 6 heteroatoms. The molecule has 4 nitrogen and oxygen atoms in total. The summed E-state index contributed by atoms with van der Waals surface area (Å²) in [5, 5.41) is 0. The Balaban J connectivity index is 2.19. The number of rotatable bonds is 3. The fourth-order valence-electron chi connectivity index (χ4n) is 2.72. The average molecular weight is 318 g/mol. The number of primary amides is 1. The molecule has 0 spiro atoms. The molecule has 120 valence electrons. The Bertz CT molecular complexity index is 777. The smallest absolute Gasteiger partial charge is 0.267 e. The average Bonchev–Trinajstić information content (AvgIpc) is 2.53. The quantitative estimate of drug-likeness (QED) is 0.946. The SMILES string of the molecule is Cc1ccc(-c2cc(C(N)=O)nc3c2CC[C@H](CF)O3)c(F)c1. The Morgan fingerprint density at radius 1 is 1.39 bits per heavy atom. The summed E-state index contributed by atoms with van der Waals surface area (Å²) in [6.07, 6.45) is 0.369.